The third-order valence-electron chi connectivity index (χ3n) is 1.78. The van der Waals surface area contributed by atoms with E-state index >= 15 is 0 Å². The number of benzene rings is 1. The van der Waals surface area contributed by atoms with Gasteiger partial charge in [0.2, 0.25) is 0 Å². The molecule has 1 N–H and O–H groups in total. The number of carboxylic acids is 1. The number of aliphatic carboxylic acids is 1. The lowest BCUT2D eigenvalue weighted by Gasteiger charge is -2.08. The summed E-state index contributed by atoms with van der Waals surface area (Å²) in [5, 5.41) is 8.33. The molecule has 6 heteroatoms. The molecule has 0 aromatic heterocycles. The Balaban J connectivity index is 2.76. The zero-order valence-corrected chi connectivity index (χ0v) is 10.6. The van der Waals surface area contributed by atoms with Crippen LogP contribution in [0.25, 0.3) is 0 Å². The first kappa shape index (κ1) is 12.8. The van der Waals surface area contributed by atoms with E-state index in [-0.39, 0.29) is 6.61 Å². The van der Waals surface area contributed by atoms with Gasteiger partial charge in [-0.2, -0.15) is 0 Å². The standard InChI is InChI=1S/C10H9IO5/c1-15-8-3-2-7(11)4-6(8)5-16-10(14)9(12)13/h2-4H,5H2,1H3,(H,12,13). The molecular formula is C10H9IO5. The molecular weight excluding hydrogens is 327 g/mol. The summed E-state index contributed by atoms with van der Waals surface area (Å²) in [6.45, 7) is -0.120. The Morgan fingerprint density at radius 2 is 2.12 bits per heavy atom. The summed E-state index contributed by atoms with van der Waals surface area (Å²) < 4.78 is 10.6. The molecule has 1 aromatic rings. The molecule has 16 heavy (non-hydrogen) atoms. The Morgan fingerprint density at radius 3 is 2.69 bits per heavy atom. The van der Waals surface area contributed by atoms with Crippen molar-refractivity contribution in [3.05, 3.63) is 27.3 Å². The van der Waals surface area contributed by atoms with Gasteiger partial charge in [-0.25, -0.2) is 9.59 Å². The first-order valence-corrected chi connectivity index (χ1v) is 5.35. The minimum atomic E-state index is -1.61. The quantitative estimate of drug-likeness (QED) is 0.514. The number of carbonyl (C=O) groups is 2. The molecule has 1 aromatic carbocycles. The SMILES string of the molecule is COc1ccc(I)cc1COC(=O)C(=O)O. The highest BCUT2D eigenvalue weighted by Gasteiger charge is 2.14. The molecule has 86 valence electrons. The fraction of sp³-hybridized carbons (Fsp3) is 0.200. The number of methoxy groups -OCH3 is 1. The van der Waals surface area contributed by atoms with Crippen LogP contribution in [0.4, 0.5) is 0 Å². The lowest BCUT2D eigenvalue weighted by molar-refractivity contribution is -0.164. The highest BCUT2D eigenvalue weighted by Crippen LogP contribution is 2.21. The molecule has 0 amide bonds. The van der Waals surface area contributed by atoms with E-state index in [2.05, 4.69) is 27.3 Å². The molecule has 0 aliphatic rings. The Kier molecular flexibility index (Phi) is 4.53. The minimum Gasteiger partial charge on any atom is -0.496 e. The van der Waals surface area contributed by atoms with E-state index in [9.17, 15) is 9.59 Å². The van der Waals surface area contributed by atoms with Gasteiger partial charge >= 0.3 is 11.9 Å². The molecule has 0 atom stereocenters. The third kappa shape index (κ3) is 3.37. The number of rotatable bonds is 3. The molecule has 0 spiro atoms. The average molecular weight is 336 g/mol. The first-order valence-electron chi connectivity index (χ1n) is 4.27. The molecule has 0 radical (unpaired) electrons. The van der Waals surface area contributed by atoms with Crippen molar-refractivity contribution in [3.63, 3.8) is 0 Å². The van der Waals surface area contributed by atoms with Crippen LogP contribution in [0.3, 0.4) is 0 Å². The van der Waals surface area contributed by atoms with Crippen LogP contribution in [-0.4, -0.2) is 24.2 Å². The van der Waals surface area contributed by atoms with Crippen molar-refractivity contribution in [3.8, 4) is 5.75 Å². The Bertz CT molecular complexity index is 416. The maximum absolute atomic E-state index is 10.7. The first-order chi connectivity index (χ1) is 7.54. The topological polar surface area (TPSA) is 72.8 Å². The molecule has 0 aliphatic heterocycles. The fourth-order valence-electron chi connectivity index (χ4n) is 1.06. The number of halogens is 1. The van der Waals surface area contributed by atoms with E-state index in [0.29, 0.717) is 11.3 Å². The van der Waals surface area contributed by atoms with Crippen LogP contribution in [0.1, 0.15) is 5.56 Å². The molecule has 0 unspecified atom stereocenters. The van der Waals surface area contributed by atoms with Gasteiger partial charge < -0.3 is 14.6 Å². The highest BCUT2D eigenvalue weighted by molar-refractivity contribution is 14.1. The lowest BCUT2D eigenvalue weighted by atomic mass is 10.2. The molecule has 0 heterocycles. The number of carbonyl (C=O) groups excluding carboxylic acids is 1. The van der Waals surface area contributed by atoms with E-state index in [4.69, 9.17) is 9.84 Å². The van der Waals surface area contributed by atoms with Crippen LogP contribution < -0.4 is 4.74 Å². The van der Waals surface area contributed by atoms with Crippen LogP contribution in [0.15, 0.2) is 18.2 Å². The summed E-state index contributed by atoms with van der Waals surface area (Å²) in [4.78, 5) is 21.0. The van der Waals surface area contributed by atoms with Crippen molar-refractivity contribution in [2.24, 2.45) is 0 Å². The van der Waals surface area contributed by atoms with Crippen LogP contribution in [-0.2, 0) is 20.9 Å². The number of hydrogen-bond acceptors (Lipinski definition) is 4. The van der Waals surface area contributed by atoms with Crippen LogP contribution in [0.2, 0.25) is 0 Å². The van der Waals surface area contributed by atoms with Gasteiger partial charge in [-0.1, -0.05) is 0 Å². The van der Waals surface area contributed by atoms with Gasteiger partial charge in [0.1, 0.15) is 12.4 Å². The van der Waals surface area contributed by atoms with Crippen LogP contribution in [0, 0.1) is 3.57 Å². The summed E-state index contributed by atoms with van der Waals surface area (Å²) in [7, 11) is 1.49. The van der Waals surface area contributed by atoms with Gasteiger partial charge in [-0.15, -0.1) is 0 Å². The highest BCUT2D eigenvalue weighted by atomic mass is 127. The second-order valence-electron chi connectivity index (χ2n) is 2.84. The fourth-order valence-corrected chi connectivity index (χ4v) is 1.62. The van der Waals surface area contributed by atoms with Gasteiger partial charge in [0, 0.05) is 9.13 Å². The van der Waals surface area contributed by atoms with Crippen molar-refractivity contribution in [1.82, 2.24) is 0 Å². The summed E-state index contributed by atoms with van der Waals surface area (Å²) in [6, 6.07) is 5.32. The van der Waals surface area contributed by atoms with Crippen molar-refractivity contribution >= 4 is 34.5 Å². The van der Waals surface area contributed by atoms with Crippen molar-refractivity contribution in [2.75, 3.05) is 7.11 Å². The molecule has 0 saturated heterocycles. The monoisotopic (exact) mass is 336 g/mol. The van der Waals surface area contributed by atoms with Crippen LogP contribution >= 0.6 is 22.6 Å². The van der Waals surface area contributed by atoms with Gasteiger partial charge in [0.25, 0.3) is 0 Å². The Hall–Kier alpha value is -1.31. The third-order valence-corrected chi connectivity index (χ3v) is 2.45. The molecule has 0 bridgehead atoms. The summed E-state index contributed by atoms with van der Waals surface area (Å²) in [5.41, 5.74) is 0.629. The number of esters is 1. The van der Waals surface area contributed by atoms with Gasteiger partial charge in [-0.3, -0.25) is 0 Å². The van der Waals surface area contributed by atoms with E-state index in [1.165, 1.54) is 7.11 Å². The van der Waals surface area contributed by atoms with E-state index in [0.717, 1.165) is 3.57 Å². The molecule has 5 nitrogen and oxygen atoms in total. The minimum absolute atomic E-state index is 0.120. The number of ether oxygens (including phenoxy) is 2. The van der Waals surface area contributed by atoms with Crippen LogP contribution in [0.5, 0.6) is 5.75 Å². The van der Waals surface area contributed by atoms with Crippen molar-refractivity contribution in [2.45, 2.75) is 6.61 Å². The Morgan fingerprint density at radius 1 is 1.44 bits per heavy atom. The van der Waals surface area contributed by atoms with Gasteiger partial charge in [-0.05, 0) is 40.8 Å². The smallest absolute Gasteiger partial charge is 0.417 e. The van der Waals surface area contributed by atoms with Gasteiger partial charge in [0.15, 0.2) is 0 Å². The lowest BCUT2D eigenvalue weighted by Crippen LogP contribution is -2.16. The Labute approximate surface area is 105 Å². The summed E-state index contributed by atoms with van der Waals surface area (Å²) in [5.74, 6) is -2.33. The average Bonchev–Trinajstić information content (AvgIpc) is 2.25. The van der Waals surface area contributed by atoms with Crippen molar-refractivity contribution in [1.29, 1.82) is 0 Å². The van der Waals surface area contributed by atoms with E-state index in [1.54, 1.807) is 12.1 Å². The maximum Gasteiger partial charge on any atom is 0.417 e. The predicted molar refractivity (Wildman–Crippen MR) is 63.1 cm³/mol. The second kappa shape index (κ2) is 5.69. The molecule has 0 aliphatic carbocycles. The largest absolute Gasteiger partial charge is 0.496 e. The normalized spacial score (nSPS) is 9.62. The number of carboxylic acid groups (broad SMARTS) is 1. The molecule has 0 fully saturated rings. The molecule has 1 rings (SSSR count). The maximum atomic E-state index is 10.7. The molecule has 0 saturated carbocycles. The van der Waals surface area contributed by atoms with E-state index < -0.39 is 11.9 Å². The summed E-state index contributed by atoms with van der Waals surface area (Å²) in [6.07, 6.45) is 0. The predicted octanol–water partition coefficient (Wildman–Crippen LogP) is 1.43. The van der Waals surface area contributed by atoms with Crippen molar-refractivity contribution < 1.29 is 24.2 Å². The summed E-state index contributed by atoms with van der Waals surface area (Å²) >= 11 is 2.10. The van der Waals surface area contributed by atoms with Gasteiger partial charge in [0.05, 0.1) is 7.11 Å². The zero-order valence-electron chi connectivity index (χ0n) is 8.40. The zero-order chi connectivity index (χ0) is 12.1. The second-order valence-corrected chi connectivity index (χ2v) is 4.08. The van der Waals surface area contributed by atoms with E-state index in [1.807, 2.05) is 6.07 Å². The number of hydrogen-bond donors (Lipinski definition) is 1.